The summed E-state index contributed by atoms with van der Waals surface area (Å²) >= 11 is 5.81. The highest BCUT2D eigenvalue weighted by Gasteiger charge is 2.12. The Bertz CT molecular complexity index is 876. The first kappa shape index (κ1) is 15.5. The summed E-state index contributed by atoms with van der Waals surface area (Å²) in [7, 11) is 0. The summed E-state index contributed by atoms with van der Waals surface area (Å²) in [5.74, 6) is -0.879. The molecule has 0 N–H and O–H groups in total. The number of carbonyl (C=O) groups excluding carboxylic acids is 1. The van der Waals surface area contributed by atoms with E-state index < -0.39 is 11.8 Å². The number of carbonyl (C=O) groups is 1. The van der Waals surface area contributed by atoms with Gasteiger partial charge in [0.25, 0.3) is 0 Å². The van der Waals surface area contributed by atoms with E-state index in [-0.39, 0.29) is 10.7 Å². The summed E-state index contributed by atoms with van der Waals surface area (Å²) in [5.41, 5.74) is 1.55. The van der Waals surface area contributed by atoms with Crippen molar-refractivity contribution in [2.45, 2.75) is 13.5 Å². The summed E-state index contributed by atoms with van der Waals surface area (Å²) in [4.78, 5) is 15.8. The van der Waals surface area contributed by atoms with Crippen LogP contribution in [0.2, 0.25) is 5.02 Å². The average molecular weight is 333 g/mol. The predicted octanol–water partition coefficient (Wildman–Crippen LogP) is 4.05. The van der Waals surface area contributed by atoms with Crippen LogP contribution in [0.15, 0.2) is 42.7 Å². The van der Waals surface area contributed by atoms with Crippen molar-refractivity contribution >= 4 is 28.5 Å². The molecule has 2 heterocycles. The van der Waals surface area contributed by atoms with Crippen molar-refractivity contribution in [2.24, 2.45) is 0 Å². The lowest BCUT2D eigenvalue weighted by molar-refractivity contribution is 0.0519. The quantitative estimate of drug-likeness (QED) is 0.677. The molecule has 0 saturated heterocycles. The highest BCUT2D eigenvalue weighted by Crippen LogP contribution is 2.22. The van der Waals surface area contributed by atoms with Crippen LogP contribution in [0, 0.1) is 5.82 Å². The first-order chi connectivity index (χ1) is 11.1. The lowest BCUT2D eigenvalue weighted by Crippen LogP contribution is -2.07. The molecule has 3 rings (SSSR count). The number of fused-ring (bicyclic) bond motifs is 1. The molecular weight excluding hydrogens is 319 g/mol. The summed E-state index contributed by atoms with van der Waals surface area (Å²) in [6, 6.07) is 8.43. The number of pyridine rings is 1. The van der Waals surface area contributed by atoms with E-state index in [1.54, 1.807) is 31.3 Å². The SMILES string of the molecule is CCOC(=O)c1cc2ccn(Cc3cccc(Cl)c3F)c2cn1. The average Bonchev–Trinajstić information content (AvgIpc) is 2.94. The molecule has 4 nitrogen and oxygen atoms in total. The molecule has 0 aliphatic carbocycles. The zero-order valence-corrected chi connectivity index (χ0v) is 13.2. The maximum Gasteiger partial charge on any atom is 0.356 e. The van der Waals surface area contributed by atoms with E-state index in [1.165, 1.54) is 6.07 Å². The Kier molecular flexibility index (Phi) is 4.30. The van der Waals surface area contributed by atoms with Crippen LogP contribution in [0.5, 0.6) is 0 Å². The molecule has 0 aliphatic heterocycles. The summed E-state index contributed by atoms with van der Waals surface area (Å²) < 4.78 is 20.8. The van der Waals surface area contributed by atoms with Crippen LogP contribution in [-0.4, -0.2) is 22.1 Å². The van der Waals surface area contributed by atoms with Crippen LogP contribution < -0.4 is 0 Å². The van der Waals surface area contributed by atoms with Gasteiger partial charge in [-0.15, -0.1) is 0 Å². The van der Waals surface area contributed by atoms with E-state index in [0.29, 0.717) is 18.7 Å². The predicted molar refractivity (Wildman–Crippen MR) is 86.2 cm³/mol. The second-order valence-electron chi connectivity index (χ2n) is 5.01. The molecule has 0 saturated carbocycles. The normalized spacial score (nSPS) is 10.9. The fourth-order valence-corrected chi connectivity index (χ4v) is 2.59. The summed E-state index contributed by atoms with van der Waals surface area (Å²) in [6.07, 6.45) is 3.41. The van der Waals surface area contributed by atoms with Crippen LogP contribution in [0.4, 0.5) is 4.39 Å². The topological polar surface area (TPSA) is 44.1 Å². The molecule has 3 aromatic rings. The molecule has 2 aromatic heterocycles. The van der Waals surface area contributed by atoms with Crippen molar-refractivity contribution in [1.29, 1.82) is 0 Å². The van der Waals surface area contributed by atoms with Crippen LogP contribution in [0.1, 0.15) is 23.0 Å². The van der Waals surface area contributed by atoms with Gasteiger partial charge < -0.3 is 9.30 Å². The zero-order valence-electron chi connectivity index (χ0n) is 12.4. The third-order valence-corrected chi connectivity index (χ3v) is 3.81. The van der Waals surface area contributed by atoms with Crippen molar-refractivity contribution in [2.75, 3.05) is 6.61 Å². The first-order valence-corrected chi connectivity index (χ1v) is 7.53. The lowest BCUT2D eigenvalue weighted by atomic mass is 10.2. The maximum atomic E-state index is 14.0. The van der Waals surface area contributed by atoms with E-state index in [0.717, 1.165) is 10.9 Å². The van der Waals surface area contributed by atoms with Gasteiger partial charge in [0.15, 0.2) is 0 Å². The molecule has 0 spiro atoms. The molecule has 0 radical (unpaired) electrons. The van der Waals surface area contributed by atoms with E-state index in [9.17, 15) is 9.18 Å². The Morgan fingerprint density at radius 2 is 2.22 bits per heavy atom. The standard InChI is InChI=1S/C17H14ClFN2O2/c1-2-23-17(22)14-8-11-6-7-21(15(11)9-20-14)10-12-4-3-5-13(18)16(12)19/h3-9H,2,10H2,1H3. The van der Waals surface area contributed by atoms with Gasteiger partial charge in [-0.05, 0) is 25.1 Å². The second kappa shape index (κ2) is 6.38. The second-order valence-corrected chi connectivity index (χ2v) is 5.41. The molecule has 6 heteroatoms. The Balaban J connectivity index is 1.94. The number of hydrogen-bond donors (Lipinski definition) is 0. The molecule has 0 aliphatic rings. The Morgan fingerprint density at radius 3 is 3.00 bits per heavy atom. The molecule has 0 bridgehead atoms. The van der Waals surface area contributed by atoms with Gasteiger partial charge in [-0.1, -0.05) is 23.7 Å². The van der Waals surface area contributed by atoms with Crippen molar-refractivity contribution in [3.8, 4) is 0 Å². The number of esters is 1. The molecule has 23 heavy (non-hydrogen) atoms. The molecule has 1 aromatic carbocycles. The Morgan fingerprint density at radius 1 is 1.39 bits per heavy atom. The maximum absolute atomic E-state index is 14.0. The van der Waals surface area contributed by atoms with Crippen molar-refractivity contribution in [1.82, 2.24) is 9.55 Å². The summed E-state index contributed by atoms with van der Waals surface area (Å²) in [6.45, 7) is 2.37. The number of nitrogens with zero attached hydrogens (tertiary/aromatic N) is 2. The highest BCUT2D eigenvalue weighted by molar-refractivity contribution is 6.30. The van der Waals surface area contributed by atoms with Crippen LogP contribution in [0.25, 0.3) is 10.9 Å². The smallest absolute Gasteiger partial charge is 0.356 e. The largest absolute Gasteiger partial charge is 0.461 e. The van der Waals surface area contributed by atoms with Crippen molar-refractivity contribution in [3.05, 3.63) is 64.8 Å². The molecule has 0 fully saturated rings. The molecule has 0 unspecified atom stereocenters. The van der Waals surface area contributed by atoms with E-state index in [1.807, 2.05) is 16.8 Å². The van der Waals surface area contributed by atoms with Gasteiger partial charge in [0.05, 0.1) is 29.9 Å². The fraction of sp³-hybridized carbons (Fsp3) is 0.176. The van der Waals surface area contributed by atoms with Gasteiger partial charge in [-0.3, -0.25) is 0 Å². The minimum Gasteiger partial charge on any atom is -0.461 e. The minimum absolute atomic E-state index is 0.0988. The monoisotopic (exact) mass is 332 g/mol. The molecular formula is C17H14ClFN2O2. The van der Waals surface area contributed by atoms with Crippen molar-refractivity contribution in [3.63, 3.8) is 0 Å². The third kappa shape index (κ3) is 3.05. The number of aromatic nitrogens is 2. The van der Waals surface area contributed by atoms with Gasteiger partial charge in [0.1, 0.15) is 11.5 Å². The Hall–Kier alpha value is -2.40. The number of hydrogen-bond acceptors (Lipinski definition) is 3. The number of rotatable bonds is 4. The van der Waals surface area contributed by atoms with Crippen LogP contribution >= 0.6 is 11.6 Å². The zero-order chi connectivity index (χ0) is 16.4. The van der Waals surface area contributed by atoms with Gasteiger partial charge in [0.2, 0.25) is 0 Å². The highest BCUT2D eigenvalue weighted by atomic mass is 35.5. The number of benzene rings is 1. The van der Waals surface area contributed by atoms with E-state index in [4.69, 9.17) is 16.3 Å². The van der Waals surface area contributed by atoms with Crippen molar-refractivity contribution < 1.29 is 13.9 Å². The lowest BCUT2D eigenvalue weighted by Gasteiger charge is -2.08. The summed E-state index contributed by atoms with van der Waals surface area (Å²) in [5, 5.41) is 0.937. The van der Waals surface area contributed by atoms with E-state index >= 15 is 0 Å². The van der Waals surface area contributed by atoms with Crippen LogP contribution in [0.3, 0.4) is 0 Å². The fourth-order valence-electron chi connectivity index (χ4n) is 2.40. The van der Waals surface area contributed by atoms with Gasteiger partial charge >= 0.3 is 5.97 Å². The molecule has 0 atom stereocenters. The van der Waals surface area contributed by atoms with Gasteiger partial charge in [-0.2, -0.15) is 0 Å². The molecule has 0 amide bonds. The molecule has 118 valence electrons. The van der Waals surface area contributed by atoms with E-state index in [2.05, 4.69) is 4.98 Å². The van der Waals surface area contributed by atoms with Gasteiger partial charge in [-0.25, -0.2) is 14.2 Å². The minimum atomic E-state index is -0.456. The Labute approximate surface area is 137 Å². The number of halogens is 2. The van der Waals surface area contributed by atoms with Gasteiger partial charge in [0, 0.05) is 17.1 Å². The number of ether oxygens (including phenoxy) is 1. The third-order valence-electron chi connectivity index (χ3n) is 3.51. The first-order valence-electron chi connectivity index (χ1n) is 7.15. The van der Waals surface area contributed by atoms with Crippen LogP contribution in [-0.2, 0) is 11.3 Å².